The molecule has 0 aliphatic heterocycles. The van der Waals surface area contributed by atoms with Gasteiger partial charge in [0.1, 0.15) is 23.9 Å². The van der Waals surface area contributed by atoms with E-state index < -0.39 is 5.97 Å². The standard InChI is InChI=1S/C24H26N2O6/c1-16-22(17(2)32-26-16)14-30-21-6-4-5-19(13-21)24(28)31-15-23(27)25-12-11-18-7-9-20(29-3)10-8-18/h4-10,13H,11-12,14-15H2,1-3H3,(H,25,27). The molecule has 0 atom stereocenters. The highest BCUT2D eigenvalue weighted by Crippen LogP contribution is 2.19. The van der Waals surface area contributed by atoms with Crippen molar-refractivity contribution >= 4 is 11.9 Å². The SMILES string of the molecule is COc1ccc(CCNC(=O)COC(=O)c2cccc(OCc3c(C)noc3C)c2)cc1. The molecule has 3 aromatic rings. The molecule has 8 nitrogen and oxygen atoms in total. The van der Waals surface area contributed by atoms with E-state index >= 15 is 0 Å². The number of benzene rings is 2. The van der Waals surface area contributed by atoms with E-state index in [0.717, 1.165) is 22.6 Å². The number of nitrogens with one attached hydrogen (secondary N) is 1. The fourth-order valence-corrected chi connectivity index (χ4v) is 2.98. The molecule has 0 aliphatic carbocycles. The lowest BCUT2D eigenvalue weighted by Crippen LogP contribution is -2.30. The van der Waals surface area contributed by atoms with E-state index in [1.54, 1.807) is 31.4 Å². The topological polar surface area (TPSA) is 99.9 Å². The molecule has 3 rings (SSSR count). The number of ether oxygens (including phenoxy) is 3. The quantitative estimate of drug-likeness (QED) is 0.484. The van der Waals surface area contributed by atoms with Gasteiger partial charge in [-0.25, -0.2) is 4.79 Å². The Hall–Kier alpha value is -3.81. The van der Waals surface area contributed by atoms with E-state index in [-0.39, 0.29) is 19.1 Å². The van der Waals surface area contributed by atoms with E-state index in [0.29, 0.717) is 30.0 Å². The first-order valence-corrected chi connectivity index (χ1v) is 10.2. The van der Waals surface area contributed by atoms with Gasteiger partial charge in [0.15, 0.2) is 6.61 Å². The number of nitrogens with zero attached hydrogens (tertiary/aromatic N) is 1. The molecule has 32 heavy (non-hydrogen) atoms. The van der Waals surface area contributed by atoms with Gasteiger partial charge < -0.3 is 24.1 Å². The van der Waals surface area contributed by atoms with Crippen molar-refractivity contribution in [2.75, 3.05) is 20.3 Å². The molecule has 0 bridgehead atoms. The monoisotopic (exact) mass is 438 g/mol. The van der Waals surface area contributed by atoms with Crippen molar-refractivity contribution in [2.45, 2.75) is 26.9 Å². The molecule has 1 amide bonds. The summed E-state index contributed by atoms with van der Waals surface area (Å²) in [5.74, 6) is 1.01. The van der Waals surface area contributed by atoms with Crippen LogP contribution in [0, 0.1) is 13.8 Å². The number of amides is 1. The highest BCUT2D eigenvalue weighted by molar-refractivity contribution is 5.91. The van der Waals surface area contributed by atoms with E-state index in [1.807, 2.05) is 38.1 Å². The molecule has 1 heterocycles. The van der Waals surface area contributed by atoms with Gasteiger partial charge >= 0.3 is 5.97 Å². The Kier molecular flexibility index (Phi) is 7.85. The molecule has 0 aliphatic rings. The first kappa shape index (κ1) is 22.9. The maximum atomic E-state index is 12.3. The molecule has 1 N–H and O–H groups in total. The van der Waals surface area contributed by atoms with Gasteiger partial charge in [0.25, 0.3) is 5.91 Å². The third kappa shape index (κ3) is 6.34. The Morgan fingerprint density at radius 1 is 1.06 bits per heavy atom. The number of esters is 1. The molecule has 0 unspecified atom stereocenters. The summed E-state index contributed by atoms with van der Waals surface area (Å²) in [6, 6.07) is 14.2. The first-order valence-electron chi connectivity index (χ1n) is 10.2. The summed E-state index contributed by atoms with van der Waals surface area (Å²) < 4.78 is 21.1. The average Bonchev–Trinajstić information content (AvgIpc) is 3.13. The molecule has 2 aromatic carbocycles. The Morgan fingerprint density at radius 3 is 2.53 bits per heavy atom. The summed E-state index contributed by atoms with van der Waals surface area (Å²) in [5.41, 5.74) is 2.99. The van der Waals surface area contributed by atoms with Gasteiger partial charge in [-0.05, 0) is 56.2 Å². The highest BCUT2D eigenvalue weighted by atomic mass is 16.5. The number of carbonyl (C=O) groups is 2. The van der Waals surface area contributed by atoms with Gasteiger partial charge in [0.05, 0.1) is 23.9 Å². The number of carbonyl (C=O) groups excluding carboxylic acids is 2. The predicted molar refractivity (Wildman–Crippen MR) is 117 cm³/mol. The zero-order valence-electron chi connectivity index (χ0n) is 18.3. The first-order chi connectivity index (χ1) is 15.5. The number of hydrogen-bond donors (Lipinski definition) is 1. The van der Waals surface area contributed by atoms with Crippen molar-refractivity contribution in [1.82, 2.24) is 10.5 Å². The second-order valence-corrected chi connectivity index (χ2v) is 7.14. The molecular weight excluding hydrogens is 412 g/mol. The second-order valence-electron chi connectivity index (χ2n) is 7.14. The minimum atomic E-state index is -0.599. The van der Waals surface area contributed by atoms with Crippen molar-refractivity contribution < 1.29 is 28.3 Å². The van der Waals surface area contributed by atoms with E-state index in [4.69, 9.17) is 18.7 Å². The second kappa shape index (κ2) is 11.0. The van der Waals surface area contributed by atoms with Crippen LogP contribution in [-0.4, -0.2) is 37.3 Å². The number of aryl methyl sites for hydroxylation is 2. The summed E-state index contributed by atoms with van der Waals surface area (Å²) in [6.45, 7) is 4.01. The van der Waals surface area contributed by atoms with Crippen LogP contribution in [0.1, 0.15) is 32.9 Å². The summed E-state index contributed by atoms with van der Waals surface area (Å²) in [6.07, 6.45) is 0.661. The van der Waals surface area contributed by atoms with Gasteiger partial charge in [-0.2, -0.15) is 0 Å². The van der Waals surface area contributed by atoms with E-state index in [1.165, 1.54) is 0 Å². The van der Waals surface area contributed by atoms with Crippen molar-refractivity contribution in [3.8, 4) is 11.5 Å². The maximum absolute atomic E-state index is 12.3. The summed E-state index contributed by atoms with van der Waals surface area (Å²) in [7, 11) is 1.61. The summed E-state index contributed by atoms with van der Waals surface area (Å²) >= 11 is 0. The lowest BCUT2D eigenvalue weighted by molar-refractivity contribution is -0.124. The summed E-state index contributed by atoms with van der Waals surface area (Å²) in [4.78, 5) is 24.3. The average molecular weight is 438 g/mol. The molecular formula is C24H26N2O6. The molecule has 0 saturated carbocycles. The van der Waals surface area contributed by atoms with Crippen molar-refractivity contribution in [1.29, 1.82) is 0 Å². The molecule has 0 saturated heterocycles. The highest BCUT2D eigenvalue weighted by Gasteiger charge is 2.13. The third-order valence-corrected chi connectivity index (χ3v) is 4.86. The van der Waals surface area contributed by atoms with Crippen LogP contribution in [0.2, 0.25) is 0 Å². The summed E-state index contributed by atoms with van der Waals surface area (Å²) in [5, 5.41) is 6.63. The van der Waals surface area contributed by atoms with Crippen LogP contribution >= 0.6 is 0 Å². The van der Waals surface area contributed by atoms with Gasteiger partial charge in [0, 0.05) is 6.54 Å². The van der Waals surface area contributed by atoms with Crippen molar-refractivity contribution in [2.24, 2.45) is 0 Å². The van der Waals surface area contributed by atoms with Crippen molar-refractivity contribution in [3.63, 3.8) is 0 Å². The van der Waals surface area contributed by atoms with Gasteiger partial charge in [-0.15, -0.1) is 0 Å². The van der Waals surface area contributed by atoms with Crippen LogP contribution in [0.3, 0.4) is 0 Å². The van der Waals surface area contributed by atoms with Crippen LogP contribution in [0.5, 0.6) is 11.5 Å². The lowest BCUT2D eigenvalue weighted by atomic mass is 10.1. The zero-order chi connectivity index (χ0) is 22.9. The number of aromatic nitrogens is 1. The molecule has 0 spiro atoms. The smallest absolute Gasteiger partial charge is 0.338 e. The predicted octanol–water partition coefficient (Wildman–Crippen LogP) is 3.39. The van der Waals surface area contributed by atoms with Crippen LogP contribution < -0.4 is 14.8 Å². The Morgan fingerprint density at radius 2 is 1.84 bits per heavy atom. The van der Waals surface area contributed by atoms with Crippen LogP contribution in [0.4, 0.5) is 0 Å². The van der Waals surface area contributed by atoms with Gasteiger partial charge in [0.2, 0.25) is 0 Å². The zero-order valence-corrected chi connectivity index (χ0v) is 18.3. The normalized spacial score (nSPS) is 10.5. The van der Waals surface area contributed by atoms with Gasteiger partial charge in [-0.3, -0.25) is 4.79 Å². The number of hydrogen-bond acceptors (Lipinski definition) is 7. The molecule has 0 fully saturated rings. The Bertz CT molecular complexity index is 1040. The van der Waals surface area contributed by atoms with Crippen LogP contribution in [-0.2, 0) is 22.6 Å². The fourth-order valence-electron chi connectivity index (χ4n) is 2.98. The van der Waals surface area contributed by atoms with Crippen molar-refractivity contribution in [3.05, 3.63) is 76.7 Å². The van der Waals surface area contributed by atoms with Crippen LogP contribution in [0.25, 0.3) is 0 Å². The maximum Gasteiger partial charge on any atom is 0.338 e. The van der Waals surface area contributed by atoms with E-state index in [9.17, 15) is 9.59 Å². The Labute approximate surface area is 186 Å². The molecule has 1 aromatic heterocycles. The fraction of sp³-hybridized carbons (Fsp3) is 0.292. The number of rotatable bonds is 10. The van der Waals surface area contributed by atoms with E-state index in [2.05, 4.69) is 10.5 Å². The largest absolute Gasteiger partial charge is 0.497 e. The number of methoxy groups -OCH3 is 1. The minimum Gasteiger partial charge on any atom is -0.497 e. The molecule has 168 valence electrons. The van der Waals surface area contributed by atoms with Gasteiger partial charge in [-0.1, -0.05) is 23.4 Å². The molecule has 0 radical (unpaired) electrons. The Balaban J connectivity index is 1.42. The lowest BCUT2D eigenvalue weighted by Gasteiger charge is -2.09. The minimum absolute atomic E-state index is 0.274. The van der Waals surface area contributed by atoms with Crippen LogP contribution in [0.15, 0.2) is 53.1 Å². The molecule has 8 heteroatoms. The third-order valence-electron chi connectivity index (χ3n) is 4.86.